The summed E-state index contributed by atoms with van der Waals surface area (Å²) < 4.78 is 16.4. The fourth-order valence-corrected chi connectivity index (χ4v) is 3.31. The summed E-state index contributed by atoms with van der Waals surface area (Å²) in [5.74, 6) is 1.89. The first kappa shape index (κ1) is 18.4. The third-order valence-corrected chi connectivity index (χ3v) is 4.80. The van der Waals surface area contributed by atoms with Crippen molar-refractivity contribution in [3.63, 3.8) is 0 Å². The van der Waals surface area contributed by atoms with Crippen LogP contribution in [-0.4, -0.2) is 26.7 Å². The summed E-state index contributed by atoms with van der Waals surface area (Å²) in [6.45, 7) is 2.27. The lowest BCUT2D eigenvalue weighted by molar-refractivity contribution is -0.126. The highest BCUT2D eigenvalue weighted by molar-refractivity contribution is 6.30. The van der Waals surface area contributed by atoms with E-state index in [0.29, 0.717) is 29.5 Å². The third-order valence-electron chi connectivity index (χ3n) is 4.56. The quantitative estimate of drug-likeness (QED) is 0.863. The van der Waals surface area contributed by atoms with E-state index in [1.165, 1.54) is 0 Å². The van der Waals surface area contributed by atoms with E-state index in [1.54, 1.807) is 20.3 Å². The first-order chi connectivity index (χ1) is 12.5. The second kappa shape index (κ2) is 7.87. The molecule has 0 saturated heterocycles. The summed E-state index contributed by atoms with van der Waals surface area (Å²) in [5.41, 5.74) is 1.82. The van der Waals surface area contributed by atoms with Gasteiger partial charge in [-0.1, -0.05) is 11.6 Å². The molecule has 0 fully saturated rings. The van der Waals surface area contributed by atoms with Crippen molar-refractivity contribution in [2.24, 2.45) is 5.92 Å². The Morgan fingerprint density at radius 3 is 2.77 bits per heavy atom. The molecule has 0 aromatic heterocycles. The topological polar surface area (TPSA) is 56.8 Å². The molecule has 138 valence electrons. The summed E-state index contributed by atoms with van der Waals surface area (Å²) in [5, 5.41) is 3.69. The molecule has 3 rings (SSSR count). The Kier molecular flexibility index (Phi) is 5.57. The van der Waals surface area contributed by atoms with Crippen LogP contribution in [0.4, 0.5) is 0 Å². The highest BCUT2D eigenvalue weighted by Gasteiger charge is 2.27. The number of rotatable bonds is 5. The zero-order valence-corrected chi connectivity index (χ0v) is 15.8. The van der Waals surface area contributed by atoms with Gasteiger partial charge in [0.25, 0.3) is 0 Å². The molecule has 1 heterocycles. The maximum absolute atomic E-state index is 12.7. The number of halogens is 1. The molecule has 1 aliphatic rings. The van der Waals surface area contributed by atoms with Crippen LogP contribution >= 0.6 is 11.6 Å². The Morgan fingerprint density at radius 2 is 2.04 bits per heavy atom. The van der Waals surface area contributed by atoms with Gasteiger partial charge in [-0.25, -0.2) is 0 Å². The van der Waals surface area contributed by atoms with Crippen LogP contribution in [0.15, 0.2) is 36.4 Å². The fourth-order valence-electron chi connectivity index (χ4n) is 3.12. The van der Waals surface area contributed by atoms with Gasteiger partial charge in [-0.15, -0.1) is 0 Å². The SMILES string of the molecule is COc1ccc(OC)c([C@@H](C)NC(=O)[C@H]2COc3ccc(Cl)cc3C2)c1. The molecule has 1 aliphatic heterocycles. The Hall–Kier alpha value is -2.40. The highest BCUT2D eigenvalue weighted by Crippen LogP contribution is 2.32. The Balaban J connectivity index is 1.72. The Bertz CT molecular complexity index is 808. The van der Waals surface area contributed by atoms with Crippen molar-refractivity contribution in [3.8, 4) is 17.2 Å². The third kappa shape index (κ3) is 3.88. The van der Waals surface area contributed by atoms with Gasteiger partial charge in [-0.2, -0.15) is 0 Å². The second-order valence-corrected chi connectivity index (χ2v) is 6.74. The van der Waals surface area contributed by atoms with Crippen molar-refractivity contribution in [1.82, 2.24) is 5.32 Å². The summed E-state index contributed by atoms with van der Waals surface area (Å²) in [6, 6.07) is 10.8. The first-order valence-corrected chi connectivity index (χ1v) is 8.83. The Labute approximate surface area is 158 Å². The second-order valence-electron chi connectivity index (χ2n) is 6.30. The van der Waals surface area contributed by atoms with E-state index < -0.39 is 0 Å². The minimum atomic E-state index is -0.264. The number of hydrogen-bond donors (Lipinski definition) is 1. The largest absolute Gasteiger partial charge is 0.497 e. The molecule has 0 unspecified atom stereocenters. The van der Waals surface area contributed by atoms with Gasteiger partial charge in [0.15, 0.2) is 0 Å². The van der Waals surface area contributed by atoms with Crippen LogP contribution in [0.25, 0.3) is 0 Å². The lowest BCUT2D eigenvalue weighted by Crippen LogP contribution is -2.38. The molecular weight excluding hydrogens is 354 g/mol. The van der Waals surface area contributed by atoms with Gasteiger partial charge in [0.2, 0.25) is 5.91 Å². The number of fused-ring (bicyclic) bond motifs is 1. The van der Waals surface area contributed by atoms with E-state index in [0.717, 1.165) is 16.9 Å². The average Bonchev–Trinajstić information content (AvgIpc) is 2.66. The zero-order valence-electron chi connectivity index (χ0n) is 15.0. The van der Waals surface area contributed by atoms with Gasteiger partial charge in [0, 0.05) is 10.6 Å². The number of ether oxygens (including phenoxy) is 3. The maximum Gasteiger partial charge on any atom is 0.227 e. The number of benzene rings is 2. The number of amides is 1. The van der Waals surface area contributed by atoms with Gasteiger partial charge < -0.3 is 19.5 Å². The maximum atomic E-state index is 12.7. The molecule has 1 amide bonds. The molecule has 26 heavy (non-hydrogen) atoms. The number of nitrogens with one attached hydrogen (secondary N) is 1. The molecule has 1 N–H and O–H groups in total. The van der Waals surface area contributed by atoms with Crippen LogP contribution in [0.5, 0.6) is 17.2 Å². The van der Waals surface area contributed by atoms with E-state index in [9.17, 15) is 4.79 Å². The molecule has 0 saturated carbocycles. The normalized spacial score (nSPS) is 16.8. The van der Waals surface area contributed by atoms with E-state index in [4.69, 9.17) is 25.8 Å². The standard InChI is InChI=1S/C20H22ClNO4/c1-12(17-10-16(24-2)5-7-19(17)25-3)22-20(23)14-8-13-9-15(21)4-6-18(13)26-11-14/h4-7,9-10,12,14H,8,11H2,1-3H3,(H,22,23)/t12-,14-/m1/s1. The number of carbonyl (C=O) groups excluding carboxylic acids is 1. The van der Waals surface area contributed by atoms with Gasteiger partial charge >= 0.3 is 0 Å². The predicted molar refractivity (Wildman–Crippen MR) is 100 cm³/mol. The number of methoxy groups -OCH3 is 2. The monoisotopic (exact) mass is 375 g/mol. The van der Waals surface area contributed by atoms with Gasteiger partial charge in [0.05, 0.1) is 26.2 Å². The molecule has 0 bridgehead atoms. The lowest BCUT2D eigenvalue weighted by Gasteiger charge is -2.26. The van der Waals surface area contributed by atoms with Crippen LogP contribution in [0, 0.1) is 5.92 Å². The first-order valence-electron chi connectivity index (χ1n) is 8.45. The smallest absolute Gasteiger partial charge is 0.227 e. The minimum Gasteiger partial charge on any atom is -0.497 e. The van der Waals surface area contributed by atoms with E-state index in [-0.39, 0.29) is 17.9 Å². The molecule has 6 heteroatoms. The number of carbonyl (C=O) groups is 1. The molecular formula is C20H22ClNO4. The summed E-state index contributed by atoms with van der Waals surface area (Å²) in [4.78, 5) is 12.7. The summed E-state index contributed by atoms with van der Waals surface area (Å²) in [7, 11) is 3.21. The van der Waals surface area contributed by atoms with E-state index in [2.05, 4.69) is 5.32 Å². The van der Waals surface area contributed by atoms with Crippen LogP contribution in [0.2, 0.25) is 5.02 Å². The molecule has 0 aliphatic carbocycles. The molecule has 0 spiro atoms. The van der Waals surface area contributed by atoms with E-state index >= 15 is 0 Å². The van der Waals surface area contributed by atoms with Gasteiger partial charge in [0.1, 0.15) is 23.9 Å². The van der Waals surface area contributed by atoms with Crippen LogP contribution in [0.1, 0.15) is 24.1 Å². The lowest BCUT2D eigenvalue weighted by atomic mass is 9.95. The van der Waals surface area contributed by atoms with Crippen LogP contribution in [0.3, 0.4) is 0 Å². The molecule has 5 nitrogen and oxygen atoms in total. The number of hydrogen-bond acceptors (Lipinski definition) is 4. The van der Waals surface area contributed by atoms with Crippen molar-refractivity contribution in [2.75, 3.05) is 20.8 Å². The zero-order chi connectivity index (χ0) is 18.7. The van der Waals surface area contributed by atoms with E-state index in [1.807, 2.05) is 37.3 Å². The van der Waals surface area contributed by atoms with Gasteiger partial charge in [-0.05, 0) is 55.3 Å². The van der Waals surface area contributed by atoms with Crippen molar-refractivity contribution < 1.29 is 19.0 Å². The average molecular weight is 376 g/mol. The molecule has 2 atom stereocenters. The van der Waals surface area contributed by atoms with Crippen LogP contribution < -0.4 is 19.5 Å². The summed E-state index contributed by atoms with van der Waals surface area (Å²) in [6.07, 6.45) is 0.601. The van der Waals surface area contributed by atoms with Crippen molar-refractivity contribution >= 4 is 17.5 Å². The van der Waals surface area contributed by atoms with Crippen LogP contribution in [-0.2, 0) is 11.2 Å². The van der Waals surface area contributed by atoms with Gasteiger partial charge in [-0.3, -0.25) is 4.79 Å². The predicted octanol–water partition coefficient (Wildman–Crippen LogP) is 3.79. The fraction of sp³-hybridized carbons (Fsp3) is 0.350. The minimum absolute atomic E-state index is 0.0620. The molecule has 2 aromatic carbocycles. The van der Waals surface area contributed by atoms with Crippen molar-refractivity contribution in [1.29, 1.82) is 0 Å². The highest BCUT2D eigenvalue weighted by atomic mass is 35.5. The van der Waals surface area contributed by atoms with Crippen molar-refractivity contribution in [2.45, 2.75) is 19.4 Å². The molecule has 2 aromatic rings. The Morgan fingerprint density at radius 1 is 1.23 bits per heavy atom. The molecule has 0 radical (unpaired) electrons. The van der Waals surface area contributed by atoms with Crippen molar-refractivity contribution in [3.05, 3.63) is 52.5 Å². The summed E-state index contributed by atoms with van der Waals surface area (Å²) >= 11 is 6.05.